The van der Waals surface area contributed by atoms with E-state index in [0.717, 1.165) is 33.7 Å². The predicted octanol–water partition coefficient (Wildman–Crippen LogP) is 5.68. The Kier molecular flexibility index (Phi) is 5.49. The summed E-state index contributed by atoms with van der Waals surface area (Å²) in [6, 6.07) is 14.5. The molecule has 3 aromatic heterocycles. The van der Waals surface area contributed by atoms with Crippen LogP contribution in [-0.2, 0) is 4.74 Å². The molecular weight excluding hydrogens is 427 g/mol. The minimum atomic E-state index is -0.406. The summed E-state index contributed by atoms with van der Waals surface area (Å²) < 4.78 is 20.9. The highest BCUT2D eigenvalue weighted by molar-refractivity contribution is 6.30. The molecule has 1 aromatic carbocycles. The van der Waals surface area contributed by atoms with Gasteiger partial charge in [0.1, 0.15) is 17.7 Å². The van der Waals surface area contributed by atoms with Crippen LogP contribution >= 0.6 is 11.6 Å². The maximum Gasteiger partial charge on any atom is 0.134 e. The van der Waals surface area contributed by atoms with Crippen molar-refractivity contribution in [2.24, 2.45) is 0 Å². The monoisotopic (exact) mass is 448 g/mol. The lowest BCUT2D eigenvalue weighted by atomic mass is 10.0. The quantitative estimate of drug-likeness (QED) is 0.403. The van der Waals surface area contributed by atoms with Crippen molar-refractivity contribution in [3.63, 3.8) is 0 Å². The van der Waals surface area contributed by atoms with Crippen molar-refractivity contribution in [1.29, 1.82) is 0 Å². The Hall–Kier alpha value is -3.09. The number of benzene rings is 1. The summed E-state index contributed by atoms with van der Waals surface area (Å²) in [5.74, 6) is 0.343. The van der Waals surface area contributed by atoms with Gasteiger partial charge in [0, 0.05) is 52.7 Å². The van der Waals surface area contributed by atoms with E-state index in [1.54, 1.807) is 18.3 Å². The molecule has 0 aliphatic carbocycles. The zero-order valence-corrected chi connectivity index (χ0v) is 18.6. The Morgan fingerprint density at radius 2 is 1.91 bits per heavy atom. The highest BCUT2D eigenvalue weighted by atomic mass is 35.5. The highest BCUT2D eigenvalue weighted by Gasteiger charge is 2.25. The van der Waals surface area contributed by atoms with E-state index in [-0.39, 0.29) is 6.10 Å². The van der Waals surface area contributed by atoms with E-state index in [0.29, 0.717) is 36.0 Å². The fraction of sp³-hybridized carbons (Fsp3) is 0.240. The number of morpholine rings is 1. The number of ether oxygens (including phenoxy) is 1. The molecule has 4 aromatic rings. The summed E-state index contributed by atoms with van der Waals surface area (Å²) in [4.78, 5) is 16.0. The third-order valence-electron chi connectivity index (χ3n) is 5.68. The smallest absolute Gasteiger partial charge is 0.134 e. The second kappa shape index (κ2) is 8.45. The SMILES string of the molecule is Cc1cc([C@H]2CN(c3cc4nc(C)ccc4c(-c4ccc(Cl)cc4F)n3)CCO2)ccn1. The number of aryl methyl sites for hydroxylation is 2. The van der Waals surface area contributed by atoms with Crippen LogP contribution in [0.1, 0.15) is 23.1 Å². The molecule has 162 valence electrons. The molecule has 0 saturated carbocycles. The average Bonchev–Trinajstić information content (AvgIpc) is 2.78. The van der Waals surface area contributed by atoms with Gasteiger partial charge in [0.05, 0.1) is 17.8 Å². The number of halogens is 2. The summed E-state index contributed by atoms with van der Waals surface area (Å²) in [7, 11) is 0. The van der Waals surface area contributed by atoms with Gasteiger partial charge in [-0.3, -0.25) is 9.97 Å². The van der Waals surface area contributed by atoms with Crippen molar-refractivity contribution in [3.05, 3.63) is 82.5 Å². The van der Waals surface area contributed by atoms with Gasteiger partial charge >= 0.3 is 0 Å². The van der Waals surface area contributed by atoms with E-state index in [2.05, 4.69) is 9.88 Å². The lowest BCUT2D eigenvalue weighted by Crippen LogP contribution is -2.39. The van der Waals surface area contributed by atoms with Crippen molar-refractivity contribution in [3.8, 4) is 11.3 Å². The van der Waals surface area contributed by atoms with Crippen LogP contribution in [0.2, 0.25) is 5.02 Å². The molecule has 0 amide bonds. The molecule has 7 heteroatoms. The largest absolute Gasteiger partial charge is 0.370 e. The van der Waals surface area contributed by atoms with Crippen LogP contribution < -0.4 is 4.90 Å². The molecule has 1 atom stereocenters. The molecule has 1 fully saturated rings. The fourth-order valence-electron chi connectivity index (χ4n) is 4.09. The van der Waals surface area contributed by atoms with Crippen LogP contribution in [0.4, 0.5) is 10.2 Å². The molecule has 1 aliphatic heterocycles. The van der Waals surface area contributed by atoms with Crippen LogP contribution in [0.15, 0.2) is 54.7 Å². The summed E-state index contributed by atoms with van der Waals surface area (Å²) in [5.41, 5.74) is 4.67. The third kappa shape index (κ3) is 4.04. The molecule has 0 radical (unpaired) electrons. The maximum atomic E-state index is 14.9. The second-order valence-corrected chi connectivity index (χ2v) is 8.44. The maximum absolute atomic E-state index is 14.9. The molecule has 4 heterocycles. The molecule has 1 aliphatic rings. The lowest BCUT2D eigenvalue weighted by Gasteiger charge is -2.34. The summed E-state index contributed by atoms with van der Waals surface area (Å²) in [6.45, 7) is 5.80. The first-order chi connectivity index (χ1) is 15.5. The first kappa shape index (κ1) is 20.8. The molecular formula is C25H22ClFN4O. The number of nitrogens with zero attached hydrogens (tertiary/aromatic N) is 4. The molecule has 0 unspecified atom stereocenters. The fourth-order valence-corrected chi connectivity index (χ4v) is 4.25. The van der Waals surface area contributed by atoms with E-state index in [1.807, 2.05) is 44.2 Å². The standard InChI is InChI=1S/C25H22ClFN4O/c1-15-3-5-20-22(29-15)13-24(30-25(20)19-6-4-18(26)12-21(19)27)31-9-10-32-23(14-31)17-7-8-28-16(2)11-17/h3-8,11-13,23H,9-10,14H2,1-2H3/t23-/m1/s1. The van der Waals surface area contributed by atoms with E-state index < -0.39 is 5.82 Å². The van der Waals surface area contributed by atoms with Gasteiger partial charge in [-0.1, -0.05) is 11.6 Å². The Morgan fingerprint density at radius 1 is 1.03 bits per heavy atom. The zero-order valence-electron chi connectivity index (χ0n) is 17.8. The second-order valence-electron chi connectivity index (χ2n) is 8.01. The van der Waals surface area contributed by atoms with Crippen molar-refractivity contribution >= 4 is 28.3 Å². The Labute approximate surface area is 190 Å². The third-order valence-corrected chi connectivity index (χ3v) is 5.92. The zero-order chi connectivity index (χ0) is 22.2. The lowest BCUT2D eigenvalue weighted by molar-refractivity contribution is 0.0394. The van der Waals surface area contributed by atoms with Crippen LogP contribution in [-0.4, -0.2) is 34.6 Å². The molecule has 0 bridgehead atoms. The average molecular weight is 449 g/mol. The summed E-state index contributed by atoms with van der Waals surface area (Å²) in [6.07, 6.45) is 1.71. The number of rotatable bonds is 3. The van der Waals surface area contributed by atoms with Gasteiger partial charge in [0.25, 0.3) is 0 Å². The minimum absolute atomic E-state index is 0.0934. The number of hydrogen-bond acceptors (Lipinski definition) is 5. The van der Waals surface area contributed by atoms with Crippen molar-refractivity contribution in [2.45, 2.75) is 20.0 Å². The van der Waals surface area contributed by atoms with Gasteiger partial charge in [-0.25, -0.2) is 9.37 Å². The van der Waals surface area contributed by atoms with Crippen LogP contribution in [0.5, 0.6) is 0 Å². The minimum Gasteiger partial charge on any atom is -0.370 e. The molecule has 5 nitrogen and oxygen atoms in total. The Morgan fingerprint density at radius 3 is 2.72 bits per heavy atom. The van der Waals surface area contributed by atoms with Crippen LogP contribution in [0.25, 0.3) is 22.2 Å². The molecule has 0 spiro atoms. The number of fused-ring (bicyclic) bond motifs is 1. The van der Waals surface area contributed by atoms with E-state index >= 15 is 0 Å². The van der Waals surface area contributed by atoms with Crippen LogP contribution in [0, 0.1) is 19.7 Å². The molecule has 1 saturated heterocycles. The Balaban J connectivity index is 1.59. The van der Waals surface area contributed by atoms with Gasteiger partial charge in [-0.15, -0.1) is 0 Å². The van der Waals surface area contributed by atoms with E-state index in [1.165, 1.54) is 6.07 Å². The molecule has 32 heavy (non-hydrogen) atoms. The van der Waals surface area contributed by atoms with Gasteiger partial charge in [-0.05, 0) is 61.9 Å². The molecule has 5 rings (SSSR count). The van der Waals surface area contributed by atoms with Crippen molar-refractivity contribution in [1.82, 2.24) is 15.0 Å². The number of anilines is 1. The molecule has 0 N–H and O–H groups in total. The normalized spacial score (nSPS) is 16.5. The van der Waals surface area contributed by atoms with E-state index in [9.17, 15) is 4.39 Å². The summed E-state index contributed by atoms with van der Waals surface area (Å²) >= 11 is 5.98. The number of hydrogen-bond donors (Lipinski definition) is 0. The van der Waals surface area contributed by atoms with Gasteiger partial charge in [0.15, 0.2) is 0 Å². The first-order valence-electron chi connectivity index (χ1n) is 10.5. The first-order valence-corrected chi connectivity index (χ1v) is 10.9. The van der Waals surface area contributed by atoms with Gasteiger partial charge in [-0.2, -0.15) is 0 Å². The predicted molar refractivity (Wildman–Crippen MR) is 125 cm³/mol. The van der Waals surface area contributed by atoms with E-state index in [4.69, 9.17) is 26.3 Å². The number of aromatic nitrogens is 3. The van der Waals surface area contributed by atoms with Crippen LogP contribution in [0.3, 0.4) is 0 Å². The van der Waals surface area contributed by atoms with Crippen molar-refractivity contribution < 1.29 is 9.13 Å². The highest BCUT2D eigenvalue weighted by Crippen LogP contribution is 2.34. The Bertz CT molecular complexity index is 1310. The van der Waals surface area contributed by atoms with Gasteiger partial charge < -0.3 is 9.64 Å². The van der Waals surface area contributed by atoms with Gasteiger partial charge in [0.2, 0.25) is 0 Å². The topological polar surface area (TPSA) is 51.1 Å². The summed E-state index contributed by atoms with van der Waals surface area (Å²) in [5, 5.41) is 1.15. The number of pyridine rings is 3. The van der Waals surface area contributed by atoms with Crippen molar-refractivity contribution in [2.75, 3.05) is 24.6 Å².